The molecule has 0 bridgehead atoms. The molecule has 0 aliphatic carbocycles. The van der Waals surface area contributed by atoms with Gasteiger partial charge < -0.3 is 9.64 Å². The lowest BCUT2D eigenvalue weighted by Gasteiger charge is -2.40. The molecular formula is C22H28FN3O3S. The molecule has 4 rings (SSSR count). The van der Waals surface area contributed by atoms with Crippen LogP contribution in [0.3, 0.4) is 0 Å². The number of ether oxygens (including phenoxy) is 1. The van der Waals surface area contributed by atoms with Gasteiger partial charge in [0, 0.05) is 37.5 Å². The zero-order valence-electron chi connectivity index (χ0n) is 17.1. The highest BCUT2D eigenvalue weighted by atomic mass is 32.2. The van der Waals surface area contributed by atoms with Gasteiger partial charge in [-0.3, -0.25) is 9.62 Å². The second kappa shape index (κ2) is 8.91. The molecule has 162 valence electrons. The lowest BCUT2D eigenvalue weighted by atomic mass is 10.0. The lowest BCUT2D eigenvalue weighted by Crippen LogP contribution is -2.47. The second-order valence-corrected chi connectivity index (χ2v) is 9.69. The summed E-state index contributed by atoms with van der Waals surface area (Å²) in [5, 5.41) is 0. The van der Waals surface area contributed by atoms with Gasteiger partial charge in [0.1, 0.15) is 5.82 Å². The molecular weight excluding hydrogens is 405 g/mol. The summed E-state index contributed by atoms with van der Waals surface area (Å²) in [6.07, 6.45) is 3.24. The summed E-state index contributed by atoms with van der Waals surface area (Å²) in [4.78, 5) is 4.80. The van der Waals surface area contributed by atoms with Crippen molar-refractivity contribution in [2.24, 2.45) is 0 Å². The van der Waals surface area contributed by atoms with E-state index in [4.69, 9.17) is 4.74 Å². The molecule has 2 heterocycles. The van der Waals surface area contributed by atoms with Gasteiger partial charge in [-0.2, -0.15) is 0 Å². The molecule has 8 heteroatoms. The molecule has 0 spiro atoms. The number of rotatable bonds is 6. The van der Waals surface area contributed by atoms with Crippen LogP contribution in [0.15, 0.2) is 53.4 Å². The molecule has 6 nitrogen and oxygen atoms in total. The van der Waals surface area contributed by atoms with E-state index in [-0.39, 0.29) is 4.90 Å². The number of likely N-dealkylation sites (N-methyl/N-ethyl adjacent to an activating group) is 1. The standard InChI is InChI=1S/C22H28FN3O3S/c1-25(21-11-14-29-16-21)19-9-12-26(13-10-19)20-4-2-3-18(15-20)24-30(27,28)22-7-5-17(23)6-8-22/h2-8,15,19,21,24H,9-14,16H2,1H3/t21-/m1/s1. The van der Waals surface area contributed by atoms with E-state index < -0.39 is 15.8 Å². The molecule has 2 aromatic carbocycles. The zero-order valence-corrected chi connectivity index (χ0v) is 17.9. The minimum absolute atomic E-state index is 0.0362. The van der Waals surface area contributed by atoms with Crippen molar-refractivity contribution in [2.45, 2.75) is 36.2 Å². The Kier molecular flexibility index (Phi) is 6.26. The van der Waals surface area contributed by atoms with Crippen molar-refractivity contribution in [3.8, 4) is 0 Å². The number of hydrogen-bond donors (Lipinski definition) is 1. The van der Waals surface area contributed by atoms with Crippen molar-refractivity contribution in [3.63, 3.8) is 0 Å². The Morgan fingerprint density at radius 1 is 1.07 bits per heavy atom. The second-order valence-electron chi connectivity index (χ2n) is 8.01. The minimum Gasteiger partial charge on any atom is -0.380 e. The van der Waals surface area contributed by atoms with E-state index in [1.54, 1.807) is 6.07 Å². The molecule has 1 atom stereocenters. The quantitative estimate of drug-likeness (QED) is 0.757. The van der Waals surface area contributed by atoms with Crippen LogP contribution < -0.4 is 9.62 Å². The predicted octanol–water partition coefficient (Wildman–Crippen LogP) is 3.32. The fourth-order valence-corrected chi connectivity index (χ4v) is 5.32. The van der Waals surface area contributed by atoms with Crippen LogP contribution in [0.4, 0.5) is 15.8 Å². The Hall–Kier alpha value is -2.16. The summed E-state index contributed by atoms with van der Waals surface area (Å²) in [6, 6.07) is 13.3. The lowest BCUT2D eigenvalue weighted by molar-refractivity contribution is 0.120. The van der Waals surface area contributed by atoms with Gasteiger partial charge in [-0.1, -0.05) is 6.07 Å². The Bertz CT molecular complexity index is 954. The van der Waals surface area contributed by atoms with Gasteiger partial charge in [-0.05, 0) is 68.8 Å². The summed E-state index contributed by atoms with van der Waals surface area (Å²) in [6.45, 7) is 3.54. The van der Waals surface area contributed by atoms with Crippen LogP contribution in [0.1, 0.15) is 19.3 Å². The first kappa shape index (κ1) is 21.1. The van der Waals surface area contributed by atoms with E-state index in [1.165, 1.54) is 12.1 Å². The number of nitrogens with zero attached hydrogens (tertiary/aromatic N) is 2. The number of halogens is 1. The monoisotopic (exact) mass is 433 g/mol. The molecule has 30 heavy (non-hydrogen) atoms. The number of sulfonamides is 1. The molecule has 2 aliphatic heterocycles. The van der Waals surface area contributed by atoms with Crippen molar-refractivity contribution >= 4 is 21.4 Å². The number of benzene rings is 2. The van der Waals surface area contributed by atoms with Crippen molar-refractivity contribution in [3.05, 3.63) is 54.3 Å². The van der Waals surface area contributed by atoms with Crippen LogP contribution in [0.5, 0.6) is 0 Å². The molecule has 2 aromatic rings. The van der Waals surface area contributed by atoms with E-state index in [9.17, 15) is 12.8 Å². The van der Waals surface area contributed by atoms with E-state index in [2.05, 4.69) is 21.6 Å². The normalized spacial score (nSPS) is 20.6. The highest BCUT2D eigenvalue weighted by molar-refractivity contribution is 7.92. The molecule has 0 radical (unpaired) electrons. The first-order chi connectivity index (χ1) is 14.4. The third kappa shape index (κ3) is 4.77. The van der Waals surface area contributed by atoms with Gasteiger partial charge >= 0.3 is 0 Å². The van der Waals surface area contributed by atoms with Crippen LogP contribution >= 0.6 is 0 Å². The molecule has 2 aliphatic rings. The van der Waals surface area contributed by atoms with E-state index in [0.29, 0.717) is 17.8 Å². The van der Waals surface area contributed by atoms with Gasteiger partial charge in [0.25, 0.3) is 10.0 Å². The number of piperidine rings is 1. The summed E-state index contributed by atoms with van der Waals surface area (Å²) in [5.74, 6) is -0.467. The zero-order chi connectivity index (χ0) is 21.1. The van der Waals surface area contributed by atoms with Crippen LogP contribution in [0.25, 0.3) is 0 Å². The first-order valence-corrected chi connectivity index (χ1v) is 11.8. The predicted molar refractivity (Wildman–Crippen MR) is 116 cm³/mol. The van der Waals surface area contributed by atoms with Crippen LogP contribution in [0, 0.1) is 5.82 Å². The molecule has 0 aromatic heterocycles. The molecule has 2 fully saturated rings. The first-order valence-electron chi connectivity index (χ1n) is 10.4. The summed E-state index contributed by atoms with van der Waals surface area (Å²) >= 11 is 0. The Morgan fingerprint density at radius 2 is 1.80 bits per heavy atom. The fraction of sp³-hybridized carbons (Fsp3) is 0.455. The smallest absolute Gasteiger partial charge is 0.261 e. The topological polar surface area (TPSA) is 61.9 Å². The van der Waals surface area contributed by atoms with Crippen molar-refractivity contribution in [1.82, 2.24) is 4.90 Å². The Morgan fingerprint density at radius 3 is 2.47 bits per heavy atom. The number of nitrogens with one attached hydrogen (secondary N) is 1. The van der Waals surface area contributed by atoms with Gasteiger partial charge in [0.15, 0.2) is 0 Å². The summed E-state index contributed by atoms with van der Waals surface area (Å²) in [7, 11) is -1.56. The summed E-state index contributed by atoms with van der Waals surface area (Å²) in [5.41, 5.74) is 1.50. The van der Waals surface area contributed by atoms with Crippen molar-refractivity contribution in [1.29, 1.82) is 0 Å². The van der Waals surface area contributed by atoms with Gasteiger partial charge in [0.2, 0.25) is 0 Å². The summed E-state index contributed by atoms with van der Waals surface area (Å²) < 4.78 is 46.4. The van der Waals surface area contributed by atoms with Crippen molar-refractivity contribution in [2.75, 3.05) is 43.0 Å². The maximum atomic E-state index is 13.1. The van der Waals surface area contributed by atoms with Gasteiger partial charge in [-0.15, -0.1) is 0 Å². The van der Waals surface area contributed by atoms with Crippen LogP contribution in [-0.4, -0.2) is 58.8 Å². The van der Waals surface area contributed by atoms with Crippen molar-refractivity contribution < 1.29 is 17.5 Å². The molecule has 0 amide bonds. The maximum Gasteiger partial charge on any atom is 0.261 e. The highest BCUT2D eigenvalue weighted by Crippen LogP contribution is 2.27. The number of anilines is 2. The van der Waals surface area contributed by atoms with E-state index >= 15 is 0 Å². The van der Waals surface area contributed by atoms with Crippen LogP contribution in [0.2, 0.25) is 0 Å². The Labute approximate surface area is 177 Å². The third-order valence-electron chi connectivity index (χ3n) is 6.11. The fourth-order valence-electron chi connectivity index (χ4n) is 4.27. The van der Waals surface area contributed by atoms with Gasteiger partial charge in [-0.25, -0.2) is 12.8 Å². The molecule has 2 saturated heterocycles. The highest BCUT2D eigenvalue weighted by Gasteiger charge is 2.29. The van der Waals surface area contributed by atoms with Gasteiger partial charge in [0.05, 0.1) is 17.2 Å². The number of hydrogen-bond acceptors (Lipinski definition) is 5. The average Bonchev–Trinajstić information content (AvgIpc) is 3.28. The molecule has 1 N–H and O–H groups in total. The Balaban J connectivity index is 1.39. The third-order valence-corrected chi connectivity index (χ3v) is 7.51. The SMILES string of the molecule is CN(C1CCN(c2cccc(NS(=O)(=O)c3ccc(F)cc3)c2)CC1)[C@@H]1CCOC1. The van der Waals surface area contributed by atoms with E-state index in [1.807, 2.05) is 18.2 Å². The molecule has 0 unspecified atom stereocenters. The van der Waals surface area contributed by atoms with E-state index in [0.717, 1.165) is 63.4 Å². The largest absolute Gasteiger partial charge is 0.380 e. The van der Waals surface area contributed by atoms with Crippen LogP contribution in [-0.2, 0) is 14.8 Å². The average molecular weight is 434 g/mol. The minimum atomic E-state index is -3.76. The molecule has 0 saturated carbocycles. The maximum absolute atomic E-state index is 13.1.